The van der Waals surface area contributed by atoms with Gasteiger partial charge in [-0.15, -0.1) is 0 Å². The summed E-state index contributed by atoms with van der Waals surface area (Å²) in [6.45, 7) is 3.52. The smallest absolute Gasteiger partial charge is 0.316 e. The first-order valence-electron chi connectivity index (χ1n) is 4.71. The molecule has 0 heterocycles. The van der Waals surface area contributed by atoms with Crippen molar-refractivity contribution >= 4 is 11.8 Å². The van der Waals surface area contributed by atoms with Gasteiger partial charge in [0.15, 0.2) is 0 Å². The zero-order valence-electron chi connectivity index (χ0n) is 8.63. The monoisotopic (exact) mass is 186 g/mol. The molecule has 0 unspecified atom stereocenters. The highest BCUT2D eigenvalue weighted by Gasteiger charge is 2.22. The van der Waals surface area contributed by atoms with E-state index in [1.54, 1.807) is 0 Å². The summed E-state index contributed by atoms with van der Waals surface area (Å²) in [5, 5.41) is 0. The fourth-order valence-electron chi connectivity index (χ4n) is 1.23. The first-order chi connectivity index (χ1) is 6.13. The molecule has 0 amide bonds. The number of hydrogen-bond acceptors (Lipinski definition) is 3. The maximum Gasteiger partial charge on any atom is 0.316 e. The quantitative estimate of drug-likeness (QED) is 0.362. The van der Waals surface area contributed by atoms with E-state index in [1.165, 1.54) is 14.0 Å². The van der Waals surface area contributed by atoms with Crippen molar-refractivity contribution in [3.8, 4) is 0 Å². The van der Waals surface area contributed by atoms with E-state index in [9.17, 15) is 9.59 Å². The topological polar surface area (TPSA) is 43.4 Å². The van der Waals surface area contributed by atoms with Crippen molar-refractivity contribution in [1.82, 2.24) is 0 Å². The van der Waals surface area contributed by atoms with Gasteiger partial charge < -0.3 is 4.74 Å². The Kier molecular flexibility index (Phi) is 6.20. The zero-order chi connectivity index (χ0) is 10.3. The highest BCUT2D eigenvalue weighted by atomic mass is 16.5. The van der Waals surface area contributed by atoms with Crippen molar-refractivity contribution in [1.29, 1.82) is 0 Å². The molecular formula is C10H18O3. The van der Waals surface area contributed by atoms with Crippen LogP contribution in [0.25, 0.3) is 0 Å². The molecule has 0 fully saturated rings. The van der Waals surface area contributed by atoms with Crippen LogP contribution in [0.5, 0.6) is 0 Å². The Morgan fingerprint density at radius 3 is 2.31 bits per heavy atom. The molecule has 0 bridgehead atoms. The summed E-state index contributed by atoms with van der Waals surface area (Å²) in [6, 6.07) is 0. The minimum Gasteiger partial charge on any atom is -0.468 e. The van der Waals surface area contributed by atoms with Crippen LogP contribution in [0.2, 0.25) is 0 Å². The van der Waals surface area contributed by atoms with E-state index in [-0.39, 0.29) is 5.78 Å². The van der Waals surface area contributed by atoms with E-state index in [4.69, 9.17) is 0 Å². The molecule has 0 N–H and O–H groups in total. The number of carbonyl (C=O) groups is 2. The predicted molar refractivity (Wildman–Crippen MR) is 50.3 cm³/mol. The van der Waals surface area contributed by atoms with E-state index in [1.807, 2.05) is 0 Å². The second-order valence-corrected chi connectivity index (χ2v) is 3.18. The fraction of sp³-hybridized carbons (Fsp3) is 0.800. The molecule has 3 heteroatoms. The first-order valence-corrected chi connectivity index (χ1v) is 4.71. The first kappa shape index (κ1) is 12.1. The molecule has 0 aliphatic carbocycles. The molecule has 0 aromatic heterocycles. The summed E-state index contributed by atoms with van der Waals surface area (Å²) in [5.41, 5.74) is 0. The van der Waals surface area contributed by atoms with Crippen molar-refractivity contribution in [2.75, 3.05) is 7.11 Å². The number of rotatable bonds is 6. The largest absolute Gasteiger partial charge is 0.468 e. The molecule has 0 aliphatic heterocycles. The Hall–Kier alpha value is -0.860. The van der Waals surface area contributed by atoms with Gasteiger partial charge in [-0.05, 0) is 13.3 Å². The Labute approximate surface area is 79.5 Å². The molecule has 76 valence electrons. The number of esters is 1. The van der Waals surface area contributed by atoms with Crippen molar-refractivity contribution in [2.45, 2.75) is 39.5 Å². The maximum absolute atomic E-state index is 11.1. The van der Waals surface area contributed by atoms with E-state index in [0.29, 0.717) is 6.42 Å². The van der Waals surface area contributed by atoms with Gasteiger partial charge in [-0.1, -0.05) is 26.2 Å². The van der Waals surface area contributed by atoms with Gasteiger partial charge in [0.1, 0.15) is 11.7 Å². The Bertz CT molecular complexity index is 175. The third-order valence-corrected chi connectivity index (χ3v) is 2.07. The van der Waals surface area contributed by atoms with Crippen LogP contribution in [0, 0.1) is 5.92 Å². The van der Waals surface area contributed by atoms with Crippen molar-refractivity contribution in [3.05, 3.63) is 0 Å². The third-order valence-electron chi connectivity index (χ3n) is 2.07. The number of ether oxygens (including phenoxy) is 1. The summed E-state index contributed by atoms with van der Waals surface area (Å²) in [5.74, 6) is -1.04. The lowest BCUT2D eigenvalue weighted by molar-refractivity contribution is -0.149. The molecule has 0 aromatic carbocycles. The van der Waals surface area contributed by atoms with Crippen LogP contribution in [0.15, 0.2) is 0 Å². The lowest BCUT2D eigenvalue weighted by Gasteiger charge is -2.10. The van der Waals surface area contributed by atoms with Crippen LogP contribution in [0.1, 0.15) is 39.5 Å². The van der Waals surface area contributed by atoms with Gasteiger partial charge >= 0.3 is 5.97 Å². The van der Waals surface area contributed by atoms with Gasteiger partial charge in [0.05, 0.1) is 7.11 Å². The van der Waals surface area contributed by atoms with Crippen LogP contribution in [0.4, 0.5) is 0 Å². The number of hydrogen-bond donors (Lipinski definition) is 0. The SMILES string of the molecule is CCCCC[C@H](C(C)=O)C(=O)OC. The number of unbranched alkanes of at least 4 members (excludes halogenated alkanes) is 2. The zero-order valence-corrected chi connectivity index (χ0v) is 8.63. The molecule has 13 heavy (non-hydrogen) atoms. The average Bonchev–Trinajstić information content (AvgIpc) is 2.11. The Morgan fingerprint density at radius 1 is 1.31 bits per heavy atom. The molecule has 0 rings (SSSR count). The van der Waals surface area contributed by atoms with Crippen LogP contribution in [-0.2, 0) is 14.3 Å². The highest BCUT2D eigenvalue weighted by Crippen LogP contribution is 2.12. The van der Waals surface area contributed by atoms with Crippen LogP contribution >= 0.6 is 0 Å². The van der Waals surface area contributed by atoms with Crippen LogP contribution < -0.4 is 0 Å². The molecular weight excluding hydrogens is 168 g/mol. The van der Waals surface area contributed by atoms with E-state index < -0.39 is 11.9 Å². The average molecular weight is 186 g/mol. The summed E-state index contributed by atoms with van der Waals surface area (Å²) >= 11 is 0. The predicted octanol–water partition coefficient (Wildman–Crippen LogP) is 1.94. The van der Waals surface area contributed by atoms with Gasteiger partial charge in [0.2, 0.25) is 0 Å². The van der Waals surface area contributed by atoms with E-state index >= 15 is 0 Å². The van der Waals surface area contributed by atoms with Crippen molar-refractivity contribution in [3.63, 3.8) is 0 Å². The second kappa shape index (κ2) is 6.63. The fourth-order valence-corrected chi connectivity index (χ4v) is 1.23. The normalized spacial score (nSPS) is 12.2. The summed E-state index contributed by atoms with van der Waals surface area (Å²) in [4.78, 5) is 22.1. The molecule has 0 radical (unpaired) electrons. The minimum atomic E-state index is -0.545. The Balaban J connectivity index is 3.95. The summed E-state index contributed by atoms with van der Waals surface area (Å²) < 4.78 is 4.54. The van der Waals surface area contributed by atoms with E-state index in [2.05, 4.69) is 11.7 Å². The summed E-state index contributed by atoms with van der Waals surface area (Å²) in [7, 11) is 1.32. The molecule has 0 spiro atoms. The van der Waals surface area contributed by atoms with Gasteiger partial charge in [-0.3, -0.25) is 9.59 Å². The number of carbonyl (C=O) groups excluding carboxylic acids is 2. The number of methoxy groups -OCH3 is 1. The standard InChI is InChI=1S/C10H18O3/c1-4-5-6-7-9(8(2)11)10(12)13-3/h9H,4-7H2,1-3H3/t9-/m1/s1. The van der Waals surface area contributed by atoms with Crippen molar-refractivity contribution in [2.24, 2.45) is 5.92 Å². The number of ketones is 1. The van der Waals surface area contributed by atoms with Crippen LogP contribution in [0.3, 0.4) is 0 Å². The molecule has 0 aliphatic rings. The molecule has 3 nitrogen and oxygen atoms in total. The van der Waals surface area contributed by atoms with Crippen LogP contribution in [-0.4, -0.2) is 18.9 Å². The minimum absolute atomic E-state index is 0.0945. The lowest BCUT2D eigenvalue weighted by Crippen LogP contribution is -2.23. The summed E-state index contributed by atoms with van der Waals surface area (Å²) in [6.07, 6.45) is 3.68. The van der Waals surface area contributed by atoms with E-state index in [0.717, 1.165) is 19.3 Å². The van der Waals surface area contributed by atoms with Gasteiger partial charge in [0, 0.05) is 0 Å². The Morgan fingerprint density at radius 2 is 1.92 bits per heavy atom. The third kappa shape index (κ3) is 4.65. The highest BCUT2D eigenvalue weighted by molar-refractivity contribution is 5.97. The number of Topliss-reactive ketones (excluding diaryl/α,β-unsaturated/α-hetero) is 1. The van der Waals surface area contributed by atoms with Crippen molar-refractivity contribution < 1.29 is 14.3 Å². The molecule has 0 aromatic rings. The molecule has 1 atom stereocenters. The lowest BCUT2D eigenvalue weighted by atomic mass is 9.98. The molecule has 0 saturated heterocycles. The molecule has 0 saturated carbocycles. The van der Waals surface area contributed by atoms with Gasteiger partial charge in [-0.25, -0.2) is 0 Å². The van der Waals surface area contributed by atoms with Gasteiger partial charge in [0.25, 0.3) is 0 Å². The van der Waals surface area contributed by atoms with Gasteiger partial charge in [-0.2, -0.15) is 0 Å². The maximum atomic E-state index is 11.1. The second-order valence-electron chi connectivity index (χ2n) is 3.18.